The molecule has 0 aliphatic rings. The summed E-state index contributed by atoms with van der Waals surface area (Å²) in [5, 5.41) is 9.81. The summed E-state index contributed by atoms with van der Waals surface area (Å²) in [6, 6.07) is 9.73. The lowest BCUT2D eigenvalue weighted by Gasteiger charge is -2.32. The van der Waals surface area contributed by atoms with Crippen LogP contribution < -0.4 is 4.74 Å². The predicted molar refractivity (Wildman–Crippen MR) is 81.0 cm³/mol. The van der Waals surface area contributed by atoms with Crippen LogP contribution in [0.5, 0.6) is 5.75 Å². The maximum atomic E-state index is 12.1. The zero-order chi connectivity index (χ0) is 15.9. The molecule has 0 aromatic heterocycles. The Morgan fingerprint density at radius 2 is 2.14 bits per heavy atom. The molecule has 21 heavy (non-hydrogen) atoms. The summed E-state index contributed by atoms with van der Waals surface area (Å²) in [7, 11) is 1.59. The van der Waals surface area contributed by atoms with E-state index >= 15 is 0 Å². The highest BCUT2D eigenvalue weighted by atomic mass is 16.5. The van der Waals surface area contributed by atoms with Crippen LogP contribution in [0, 0.1) is 17.2 Å². The first-order valence-electron chi connectivity index (χ1n) is 7.28. The minimum absolute atomic E-state index is 0.314. The van der Waals surface area contributed by atoms with Crippen LogP contribution in [0.15, 0.2) is 24.3 Å². The fraction of sp³-hybridized carbons (Fsp3) is 0.529. The molecule has 0 aliphatic carbocycles. The van der Waals surface area contributed by atoms with E-state index in [4.69, 9.17) is 9.47 Å². The topological polar surface area (TPSA) is 59.3 Å². The Labute approximate surface area is 126 Å². The van der Waals surface area contributed by atoms with Gasteiger partial charge in [0.2, 0.25) is 0 Å². The summed E-state index contributed by atoms with van der Waals surface area (Å²) in [4.78, 5) is 12.1. The summed E-state index contributed by atoms with van der Waals surface area (Å²) in [5.41, 5.74) is -0.0954. The maximum Gasteiger partial charge on any atom is 0.310 e. The first-order chi connectivity index (χ1) is 10.1. The second-order valence-corrected chi connectivity index (χ2v) is 5.04. The lowest BCUT2D eigenvalue weighted by Crippen LogP contribution is -2.38. The predicted octanol–water partition coefficient (Wildman–Crippen LogP) is 3.46. The Bertz CT molecular complexity index is 521. The molecule has 0 saturated heterocycles. The van der Waals surface area contributed by atoms with Crippen molar-refractivity contribution in [1.82, 2.24) is 0 Å². The van der Waals surface area contributed by atoms with Crippen molar-refractivity contribution in [2.75, 3.05) is 13.7 Å². The number of rotatable bonds is 7. The van der Waals surface area contributed by atoms with Crippen LogP contribution in [-0.2, 0) is 14.9 Å². The van der Waals surface area contributed by atoms with Gasteiger partial charge in [0.25, 0.3) is 0 Å². The number of hydrogen-bond acceptors (Lipinski definition) is 4. The van der Waals surface area contributed by atoms with Gasteiger partial charge in [0.15, 0.2) is 0 Å². The lowest BCUT2D eigenvalue weighted by atomic mass is 9.69. The van der Waals surface area contributed by atoms with Gasteiger partial charge in [0, 0.05) is 0 Å². The molecule has 114 valence electrons. The number of benzene rings is 1. The number of carbonyl (C=O) groups is 1. The highest BCUT2D eigenvalue weighted by Crippen LogP contribution is 2.38. The van der Waals surface area contributed by atoms with Crippen molar-refractivity contribution >= 4 is 5.97 Å². The number of hydrogen-bond donors (Lipinski definition) is 0. The van der Waals surface area contributed by atoms with Gasteiger partial charge in [-0.25, -0.2) is 0 Å². The largest absolute Gasteiger partial charge is 0.497 e. The van der Waals surface area contributed by atoms with Gasteiger partial charge in [-0.2, -0.15) is 5.26 Å². The Hall–Kier alpha value is -2.02. The number of carbonyl (C=O) groups excluding carboxylic acids is 1. The van der Waals surface area contributed by atoms with Gasteiger partial charge in [-0.1, -0.05) is 32.4 Å². The van der Waals surface area contributed by atoms with Crippen molar-refractivity contribution in [3.05, 3.63) is 29.8 Å². The smallest absolute Gasteiger partial charge is 0.310 e. The molecule has 0 heterocycles. The van der Waals surface area contributed by atoms with Crippen LogP contribution in [0.25, 0.3) is 0 Å². The van der Waals surface area contributed by atoms with Crippen molar-refractivity contribution in [2.45, 2.75) is 39.0 Å². The molecule has 0 bridgehead atoms. The fourth-order valence-corrected chi connectivity index (χ4v) is 2.59. The van der Waals surface area contributed by atoms with Gasteiger partial charge in [-0.3, -0.25) is 4.79 Å². The van der Waals surface area contributed by atoms with Gasteiger partial charge in [-0.15, -0.1) is 0 Å². The summed E-state index contributed by atoms with van der Waals surface area (Å²) in [6.07, 6.45) is 1.39. The number of esters is 1. The van der Waals surface area contributed by atoms with Crippen molar-refractivity contribution < 1.29 is 14.3 Å². The summed E-state index contributed by atoms with van der Waals surface area (Å²) >= 11 is 0. The molecule has 2 atom stereocenters. The molecule has 0 N–H and O–H groups in total. The molecule has 0 aliphatic heterocycles. The summed E-state index contributed by atoms with van der Waals surface area (Å²) in [5.74, 6) is -0.191. The van der Waals surface area contributed by atoms with Crippen LogP contribution in [0.2, 0.25) is 0 Å². The molecule has 1 aromatic rings. The molecule has 0 unspecified atom stereocenters. The third-order valence-corrected chi connectivity index (χ3v) is 3.81. The minimum Gasteiger partial charge on any atom is -0.497 e. The Balaban J connectivity index is 3.31. The Morgan fingerprint density at radius 3 is 2.67 bits per heavy atom. The second kappa shape index (κ2) is 7.68. The summed E-state index contributed by atoms with van der Waals surface area (Å²) < 4.78 is 10.3. The van der Waals surface area contributed by atoms with Crippen molar-refractivity contribution in [2.24, 2.45) is 5.92 Å². The number of nitrogens with zero attached hydrogens (tertiary/aromatic N) is 1. The average Bonchev–Trinajstić information content (AvgIpc) is 2.52. The summed E-state index contributed by atoms with van der Waals surface area (Å²) in [6.45, 7) is 5.85. The van der Waals surface area contributed by atoms with E-state index in [1.165, 1.54) is 0 Å². The van der Waals surface area contributed by atoms with E-state index in [0.29, 0.717) is 18.8 Å². The number of nitriles is 1. The molecule has 0 amide bonds. The van der Waals surface area contributed by atoms with Crippen LogP contribution in [-0.4, -0.2) is 19.7 Å². The van der Waals surface area contributed by atoms with E-state index in [-0.39, 0.29) is 5.97 Å². The second-order valence-electron chi connectivity index (χ2n) is 5.04. The molecule has 0 saturated carbocycles. The molecular formula is C17H23NO3. The van der Waals surface area contributed by atoms with E-state index in [2.05, 4.69) is 6.07 Å². The normalized spacial score (nSPS) is 14.6. The van der Waals surface area contributed by atoms with E-state index in [9.17, 15) is 10.1 Å². The third-order valence-electron chi connectivity index (χ3n) is 3.81. The quantitative estimate of drug-likeness (QED) is 0.721. The first kappa shape index (κ1) is 17.0. The fourth-order valence-electron chi connectivity index (χ4n) is 2.59. The van der Waals surface area contributed by atoms with Crippen LogP contribution in [0.1, 0.15) is 39.2 Å². The highest BCUT2D eigenvalue weighted by Gasteiger charge is 2.42. The van der Waals surface area contributed by atoms with E-state index in [1.54, 1.807) is 21.0 Å². The van der Waals surface area contributed by atoms with Crippen LogP contribution >= 0.6 is 0 Å². The maximum absolute atomic E-state index is 12.1. The van der Waals surface area contributed by atoms with Gasteiger partial charge in [-0.05, 0) is 31.0 Å². The monoisotopic (exact) mass is 289 g/mol. The molecular weight excluding hydrogens is 266 g/mol. The zero-order valence-electron chi connectivity index (χ0n) is 13.2. The van der Waals surface area contributed by atoms with E-state index in [1.807, 2.05) is 31.2 Å². The lowest BCUT2D eigenvalue weighted by molar-refractivity contribution is -0.149. The number of methoxy groups -OCH3 is 1. The molecule has 0 fully saturated rings. The zero-order valence-corrected chi connectivity index (χ0v) is 13.2. The first-order valence-corrected chi connectivity index (χ1v) is 7.28. The van der Waals surface area contributed by atoms with Gasteiger partial charge in [0.05, 0.1) is 31.1 Å². The Kier molecular flexibility index (Phi) is 6.23. The van der Waals surface area contributed by atoms with Crippen LogP contribution in [0.3, 0.4) is 0 Å². The minimum atomic E-state index is -0.893. The Morgan fingerprint density at radius 1 is 1.43 bits per heavy atom. The molecule has 0 spiro atoms. The highest BCUT2D eigenvalue weighted by molar-refractivity contribution is 5.75. The molecule has 4 nitrogen and oxygen atoms in total. The van der Waals surface area contributed by atoms with Crippen molar-refractivity contribution in [3.63, 3.8) is 0 Å². The third kappa shape index (κ3) is 3.55. The number of ether oxygens (including phenoxy) is 2. The van der Waals surface area contributed by atoms with Gasteiger partial charge >= 0.3 is 5.97 Å². The molecule has 1 aromatic carbocycles. The standard InChI is InChI=1S/C17H23NO3/c1-5-10-17(12-18,13(3)16(19)21-6-2)14-8-7-9-15(11-14)20-4/h7-9,11,13H,5-6,10H2,1-4H3/t13-,17+/m1/s1. The van der Waals surface area contributed by atoms with Crippen LogP contribution in [0.4, 0.5) is 0 Å². The van der Waals surface area contributed by atoms with Crippen molar-refractivity contribution in [3.8, 4) is 11.8 Å². The van der Waals surface area contributed by atoms with E-state index < -0.39 is 11.3 Å². The molecule has 1 rings (SSSR count). The molecule has 0 radical (unpaired) electrons. The van der Waals surface area contributed by atoms with Gasteiger partial charge < -0.3 is 9.47 Å². The van der Waals surface area contributed by atoms with E-state index in [0.717, 1.165) is 12.0 Å². The average molecular weight is 289 g/mol. The SMILES string of the molecule is CCC[C@@](C#N)(c1cccc(OC)c1)[C@H](C)C(=O)OCC. The van der Waals surface area contributed by atoms with Gasteiger partial charge in [0.1, 0.15) is 5.75 Å². The van der Waals surface area contributed by atoms with Crippen molar-refractivity contribution in [1.29, 1.82) is 5.26 Å². The molecule has 4 heteroatoms.